The Labute approximate surface area is 126 Å². The Balaban J connectivity index is 2.39. The van der Waals surface area contributed by atoms with Crippen LogP contribution >= 0.6 is 11.8 Å². The molecule has 1 N–H and O–H groups in total. The van der Waals surface area contributed by atoms with Crippen LogP contribution in [0.5, 0.6) is 0 Å². The molecule has 0 saturated carbocycles. The third-order valence-corrected chi connectivity index (χ3v) is 3.63. The van der Waals surface area contributed by atoms with Gasteiger partial charge in [0.1, 0.15) is 5.60 Å². The van der Waals surface area contributed by atoms with Crippen molar-refractivity contribution in [2.45, 2.75) is 38.8 Å². The molecule has 0 aromatic heterocycles. The Morgan fingerprint density at radius 2 is 2.25 bits per heavy atom. The lowest BCUT2D eigenvalue weighted by Crippen LogP contribution is -2.54. The zero-order valence-corrected chi connectivity index (χ0v) is 13.9. The lowest BCUT2D eigenvalue weighted by atomic mass is 10.2. The minimum atomic E-state index is -0.453. The van der Waals surface area contributed by atoms with Gasteiger partial charge in [-0.05, 0) is 45.7 Å². The summed E-state index contributed by atoms with van der Waals surface area (Å²) in [6, 6.07) is 0.0629. The third-order valence-electron chi connectivity index (χ3n) is 2.94. The summed E-state index contributed by atoms with van der Waals surface area (Å²) in [6.07, 6.45) is 3.01. The zero-order valence-electron chi connectivity index (χ0n) is 13.1. The maximum absolute atomic E-state index is 12.2. The van der Waals surface area contributed by atoms with Crippen LogP contribution in [0, 0.1) is 0 Å². The van der Waals surface area contributed by atoms with Crippen LogP contribution < -0.4 is 5.32 Å². The highest BCUT2D eigenvalue weighted by Crippen LogP contribution is 2.14. The van der Waals surface area contributed by atoms with Crippen molar-refractivity contribution in [1.82, 2.24) is 10.2 Å². The predicted octanol–water partition coefficient (Wildman–Crippen LogP) is 1.96. The molecule has 1 unspecified atom stereocenters. The van der Waals surface area contributed by atoms with E-state index in [1.807, 2.05) is 32.5 Å². The number of hydrogen-bond acceptors (Lipinski definition) is 5. The van der Waals surface area contributed by atoms with E-state index in [0.717, 1.165) is 25.3 Å². The molecule has 1 heterocycles. The van der Waals surface area contributed by atoms with E-state index < -0.39 is 5.60 Å². The second-order valence-electron chi connectivity index (χ2n) is 5.95. The van der Waals surface area contributed by atoms with Gasteiger partial charge < -0.3 is 14.8 Å². The van der Waals surface area contributed by atoms with Gasteiger partial charge >= 0.3 is 6.09 Å². The van der Waals surface area contributed by atoms with E-state index in [1.54, 1.807) is 4.90 Å². The summed E-state index contributed by atoms with van der Waals surface area (Å²) >= 11 is 1.85. The highest BCUT2D eigenvalue weighted by atomic mass is 32.2. The standard InChI is InChI=1S/C14H28N2O3S/c1-14(2,3)19-13(17)16-7-8-18-11-12(16)10-15-6-5-9-20-4/h12,15H,5-11H2,1-4H3. The number of morpholine rings is 1. The molecule has 5 nitrogen and oxygen atoms in total. The Hall–Kier alpha value is -0.460. The van der Waals surface area contributed by atoms with Crippen molar-refractivity contribution >= 4 is 17.9 Å². The molecule has 0 aliphatic carbocycles. The van der Waals surface area contributed by atoms with Crippen LogP contribution in [0.4, 0.5) is 4.79 Å². The molecule has 1 rings (SSSR count). The summed E-state index contributed by atoms with van der Waals surface area (Å²) in [5.74, 6) is 1.16. The molecule has 0 aromatic carbocycles. The number of thioether (sulfide) groups is 1. The fourth-order valence-corrected chi connectivity index (χ4v) is 2.43. The molecule has 1 aliphatic heterocycles. The molecule has 1 saturated heterocycles. The van der Waals surface area contributed by atoms with E-state index in [2.05, 4.69) is 11.6 Å². The SMILES string of the molecule is CSCCCNCC1COCCN1C(=O)OC(C)(C)C. The Morgan fingerprint density at radius 3 is 2.90 bits per heavy atom. The first-order valence-electron chi connectivity index (χ1n) is 7.21. The maximum Gasteiger partial charge on any atom is 0.410 e. The number of rotatable bonds is 6. The molecule has 0 radical (unpaired) electrons. The van der Waals surface area contributed by atoms with Crippen molar-refractivity contribution in [2.75, 3.05) is 44.9 Å². The van der Waals surface area contributed by atoms with E-state index in [1.165, 1.54) is 0 Å². The molecule has 1 aliphatic rings. The van der Waals surface area contributed by atoms with Crippen molar-refractivity contribution < 1.29 is 14.3 Å². The van der Waals surface area contributed by atoms with Crippen LogP contribution in [0.1, 0.15) is 27.2 Å². The Kier molecular flexibility index (Phi) is 7.69. The molecule has 1 atom stereocenters. The van der Waals surface area contributed by atoms with Gasteiger partial charge in [-0.15, -0.1) is 0 Å². The second-order valence-corrected chi connectivity index (χ2v) is 6.94. The number of carbonyl (C=O) groups is 1. The molecule has 1 fully saturated rings. The molecule has 20 heavy (non-hydrogen) atoms. The quantitative estimate of drug-likeness (QED) is 0.760. The molecule has 118 valence electrons. The van der Waals surface area contributed by atoms with Crippen molar-refractivity contribution in [1.29, 1.82) is 0 Å². The number of amides is 1. The van der Waals surface area contributed by atoms with Crippen LogP contribution in [-0.4, -0.2) is 67.5 Å². The van der Waals surface area contributed by atoms with Crippen LogP contribution in [0.2, 0.25) is 0 Å². The normalized spacial score (nSPS) is 20.0. The monoisotopic (exact) mass is 304 g/mol. The van der Waals surface area contributed by atoms with Gasteiger partial charge in [0, 0.05) is 13.1 Å². The van der Waals surface area contributed by atoms with Gasteiger partial charge in [-0.3, -0.25) is 4.90 Å². The van der Waals surface area contributed by atoms with Crippen LogP contribution in [0.15, 0.2) is 0 Å². The molecule has 1 amide bonds. The topological polar surface area (TPSA) is 50.8 Å². The fraction of sp³-hybridized carbons (Fsp3) is 0.929. The van der Waals surface area contributed by atoms with Gasteiger partial charge in [0.15, 0.2) is 0 Å². The average Bonchev–Trinajstić information content (AvgIpc) is 2.37. The Morgan fingerprint density at radius 1 is 1.50 bits per heavy atom. The van der Waals surface area contributed by atoms with Crippen LogP contribution in [-0.2, 0) is 9.47 Å². The van der Waals surface area contributed by atoms with Crippen LogP contribution in [0.3, 0.4) is 0 Å². The summed E-state index contributed by atoms with van der Waals surface area (Å²) in [7, 11) is 0. The van der Waals surface area contributed by atoms with Crippen LogP contribution in [0.25, 0.3) is 0 Å². The number of carbonyl (C=O) groups excluding carboxylic acids is 1. The van der Waals surface area contributed by atoms with Crippen molar-refractivity contribution in [3.05, 3.63) is 0 Å². The first-order valence-corrected chi connectivity index (χ1v) is 8.60. The third kappa shape index (κ3) is 6.81. The van der Waals surface area contributed by atoms with Gasteiger partial charge in [-0.2, -0.15) is 11.8 Å². The van der Waals surface area contributed by atoms with E-state index >= 15 is 0 Å². The van der Waals surface area contributed by atoms with Gasteiger partial charge in [-0.25, -0.2) is 4.79 Å². The lowest BCUT2D eigenvalue weighted by Gasteiger charge is -2.36. The average molecular weight is 304 g/mol. The number of hydrogen-bond donors (Lipinski definition) is 1. The predicted molar refractivity (Wildman–Crippen MR) is 83.4 cm³/mol. The highest BCUT2D eigenvalue weighted by Gasteiger charge is 2.30. The summed E-state index contributed by atoms with van der Waals surface area (Å²) < 4.78 is 10.9. The van der Waals surface area contributed by atoms with Crippen molar-refractivity contribution in [2.24, 2.45) is 0 Å². The minimum Gasteiger partial charge on any atom is -0.444 e. The molecule has 0 spiro atoms. The molecule has 6 heteroatoms. The second kappa shape index (κ2) is 8.74. The largest absolute Gasteiger partial charge is 0.444 e. The van der Waals surface area contributed by atoms with Gasteiger partial charge in [0.2, 0.25) is 0 Å². The number of nitrogens with zero attached hydrogens (tertiary/aromatic N) is 1. The summed E-state index contributed by atoms with van der Waals surface area (Å²) in [4.78, 5) is 14.0. The van der Waals surface area contributed by atoms with E-state index in [-0.39, 0.29) is 12.1 Å². The fourth-order valence-electron chi connectivity index (χ4n) is 2.00. The van der Waals surface area contributed by atoms with E-state index in [0.29, 0.717) is 19.8 Å². The smallest absolute Gasteiger partial charge is 0.410 e. The minimum absolute atomic E-state index is 0.0629. The number of ether oxygens (including phenoxy) is 2. The molecular formula is C14H28N2O3S. The first kappa shape index (κ1) is 17.6. The molecular weight excluding hydrogens is 276 g/mol. The number of nitrogens with one attached hydrogen (secondary N) is 1. The maximum atomic E-state index is 12.2. The summed E-state index contributed by atoms with van der Waals surface area (Å²) in [5.41, 5.74) is -0.453. The molecule has 0 bridgehead atoms. The molecule has 0 aromatic rings. The van der Waals surface area contributed by atoms with Crippen molar-refractivity contribution in [3.63, 3.8) is 0 Å². The first-order chi connectivity index (χ1) is 9.44. The Bertz CT molecular complexity index is 295. The van der Waals surface area contributed by atoms with Gasteiger partial charge in [0.05, 0.1) is 19.3 Å². The van der Waals surface area contributed by atoms with Crippen molar-refractivity contribution in [3.8, 4) is 0 Å². The summed E-state index contributed by atoms with van der Waals surface area (Å²) in [5, 5.41) is 3.39. The van der Waals surface area contributed by atoms with Gasteiger partial charge in [-0.1, -0.05) is 0 Å². The summed E-state index contributed by atoms with van der Waals surface area (Å²) in [6.45, 7) is 9.17. The zero-order chi connectivity index (χ0) is 15.0. The van der Waals surface area contributed by atoms with E-state index in [9.17, 15) is 4.79 Å². The van der Waals surface area contributed by atoms with E-state index in [4.69, 9.17) is 9.47 Å². The highest BCUT2D eigenvalue weighted by molar-refractivity contribution is 7.98. The van der Waals surface area contributed by atoms with Gasteiger partial charge in [0.25, 0.3) is 0 Å². The lowest BCUT2D eigenvalue weighted by molar-refractivity contribution is -0.0316.